The highest BCUT2D eigenvalue weighted by atomic mass is 35.5. The van der Waals surface area contributed by atoms with E-state index in [2.05, 4.69) is 5.32 Å². The first-order chi connectivity index (χ1) is 14.8. The molecule has 5 nitrogen and oxygen atoms in total. The van der Waals surface area contributed by atoms with Crippen LogP contribution >= 0.6 is 11.6 Å². The van der Waals surface area contributed by atoms with Gasteiger partial charge in [-0.2, -0.15) is 0 Å². The zero-order chi connectivity index (χ0) is 22.1. The highest BCUT2D eigenvalue weighted by Crippen LogP contribution is 2.34. The van der Waals surface area contributed by atoms with Gasteiger partial charge in [0.1, 0.15) is 29.0 Å². The maximum atomic E-state index is 14.0. The van der Waals surface area contributed by atoms with E-state index in [1.807, 2.05) is 23.3 Å². The normalized spacial score (nSPS) is 13.4. The second-order valence-corrected chi connectivity index (χ2v) is 8.46. The first kappa shape index (κ1) is 21.3. The Morgan fingerprint density at radius 2 is 1.90 bits per heavy atom. The number of imidazole rings is 1. The number of rotatable bonds is 5. The highest BCUT2D eigenvalue weighted by molar-refractivity contribution is 6.30. The SMILES string of the molecule is CC(C)CC(=O)N1CCn2c(nc(-c3ccc(F)cc3)c2Nc2ccc(Cl)c(F)c2)C1. The van der Waals surface area contributed by atoms with Crippen LogP contribution in [0.1, 0.15) is 26.1 Å². The molecule has 2 aromatic carbocycles. The fourth-order valence-electron chi connectivity index (χ4n) is 3.67. The van der Waals surface area contributed by atoms with Crippen LogP contribution in [0, 0.1) is 17.6 Å². The summed E-state index contributed by atoms with van der Waals surface area (Å²) >= 11 is 5.81. The Hall–Kier alpha value is -2.93. The van der Waals surface area contributed by atoms with Gasteiger partial charge in [0.05, 0.1) is 11.6 Å². The molecule has 0 radical (unpaired) electrons. The van der Waals surface area contributed by atoms with Gasteiger partial charge in [-0.15, -0.1) is 0 Å². The zero-order valence-electron chi connectivity index (χ0n) is 17.3. The summed E-state index contributed by atoms with van der Waals surface area (Å²) in [5, 5.41) is 3.28. The Kier molecular flexibility index (Phi) is 5.96. The average molecular weight is 445 g/mol. The molecule has 1 aliphatic heterocycles. The number of nitrogens with one attached hydrogen (secondary N) is 1. The van der Waals surface area contributed by atoms with Crippen molar-refractivity contribution in [2.24, 2.45) is 5.92 Å². The Bertz CT molecular complexity index is 1110. The lowest BCUT2D eigenvalue weighted by atomic mass is 10.1. The number of carbonyl (C=O) groups is 1. The van der Waals surface area contributed by atoms with Crippen molar-refractivity contribution in [1.82, 2.24) is 14.5 Å². The van der Waals surface area contributed by atoms with Crippen LogP contribution in [0.2, 0.25) is 5.02 Å². The van der Waals surface area contributed by atoms with E-state index in [0.29, 0.717) is 43.3 Å². The molecule has 1 N–H and O–H groups in total. The van der Waals surface area contributed by atoms with Gasteiger partial charge in [0.2, 0.25) is 5.91 Å². The van der Waals surface area contributed by atoms with Gasteiger partial charge in [-0.25, -0.2) is 13.8 Å². The summed E-state index contributed by atoms with van der Waals surface area (Å²) in [5.74, 6) is 0.896. The van der Waals surface area contributed by atoms with Crippen LogP contribution < -0.4 is 5.32 Å². The lowest BCUT2D eigenvalue weighted by Gasteiger charge is -2.29. The second-order valence-electron chi connectivity index (χ2n) is 8.05. The average Bonchev–Trinajstić information content (AvgIpc) is 3.08. The molecule has 1 aromatic heterocycles. The van der Waals surface area contributed by atoms with Crippen molar-refractivity contribution < 1.29 is 13.6 Å². The van der Waals surface area contributed by atoms with Gasteiger partial charge >= 0.3 is 0 Å². The second kappa shape index (κ2) is 8.67. The molecule has 2 heterocycles. The highest BCUT2D eigenvalue weighted by Gasteiger charge is 2.27. The van der Waals surface area contributed by atoms with Gasteiger partial charge in [0.25, 0.3) is 0 Å². The van der Waals surface area contributed by atoms with Crippen molar-refractivity contribution in [2.45, 2.75) is 33.4 Å². The molecular formula is C23H23ClF2N4O. The maximum absolute atomic E-state index is 14.0. The summed E-state index contributed by atoms with van der Waals surface area (Å²) < 4.78 is 29.4. The number of aromatic nitrogens is 2. The predicted molar refractivity (Wildman–Crippen MR) is 117 cm³/mol. The van der Waals surface area contributed by atoms with E-state index in [1.54, 1.807) is 18.2 Å². The van der Waals surface area contributed by atoms with Crippen molar-refractivity contribution >= 4 is 29.0 Å². The molecule has 0 spiro atoms. The van der Waals surface area contributed by atoms with Crippen LogP contribution in [0.5, 0.6) is 0 Å². The number of hydrogen-bond donors (Lipinski definition) is 1. The fraction of sp³-hybridized carbons (Fsp3) is 0.304. The van der Waals surface area contributed by atoms with Crippen LogP contribution in [-0.2, 0) is 17.9 Å². The number of fused-ring (bicyclic) bond motifs is 1. The molecule has 31 heavy (non-hydrogen) atoms. The molecule has 4 rings (SSSR count). The van der Waals surface area contributed by atoms with Gasteiger partial charge in [-0.1, -0.05) is 25.4 Å². The Morgan fingerprint density at radius 3 is 2.58 bits per heavy atom. The predicted octanol–water partition coefficient (Wildman–Crippen LogP) is 5.61. The molecular weight excluding hydrogens is 422 g/mol. The van der Waals surface area contributed by atoms with Crippen LogP contribution in [-0.4, -0.2) is 26.9 Å². The molecule has 0 unspecified atom stereocenters. The number of carbonyl (C=O) groups excluding carboxylic acids is 1. The minimum Gasteiger partial charge on any atom is -0.340 e. The summed E-state index contributed by atoms with van der Waals surface area (Å²) in [7, 11) is 0. The zero-order valence-corrected chi connectivity index (χ0v) is 18.1. The molecule has 0 bridgehead atoms. The third kappa shape index (κ3) is 4.56. The molecule has 3 aromatic rings. The molecule has 0 fully saturated rings. The van der Waals surface area contributed by atoms with E-state index in [-0.39, 0.29) is 22.7 Å². The lowest BCUT2D eigenvalue weighted by molar-refractivity contribution is -0.133. The van der Waals surface area contributed by atoms with Gasteiger partial charge in [-0.3, -0.25) is 4.79 Å². The van der Waals surface area contributed by atoms with Crippen molar-refractivity contribution in [3.8, 4) is 11.3 Å². The summed E-state index contributed by atoms with van der Waals surface area (Å²) in [6, 6.07) is 10.5. The van der Waals surface area contributed by atoms with Crippen molar-refractivity contribution in [2.75, 3.05) is 11.9 Å². The van der Waals surface area contributed by atoms with E-state index >= 15 is 0 Å². The van der Waals surface area contributed by atoms with Gasteiger partial charge < -0.3 is 14.8 Å². The molecule has 0 atom stereocenters. The number of amides is 1. The minimum absolute atomic E-state index is 0.0407. The van der Waals surface area contributed by atoms with Crippen molar-refractivity contribution in [1.29, 1.82) is 0 Å². The van der Waals surface area contributed by atoms with E-state index in [4.69, 9.17) is 16.6 Å². The third-order valence-electron chi connectivity index (χ3n) is 5.21. The van der Waals surface area contributed by atoms with Crippen LogP contribution in [0.3, 0.4) is 0 Å². The van der Waals surface area contributed by atoms with E-state index in [1.165, 1.54) is 24.3 Å². The standard InChI is InChI=1S/C23H23ClF2N4O/c1-14(2)11-21(31)29-9-10-30-20(13-29)28-22(15-3-5-16(25)6-4-15)23(30)27-17-7-8-18(24)19(26)12-17/h3-8,12,14,27H,9-11,13H2,1-2H3. The molecule has 0 saturated carbocycles. The quantitative estimate of drug-likeness (QED) is 0.556. The third-order valence-corrected chi connectivity index (χ3v) is 5.51. The van der Waals surface area contributed by atoms with E-state index < -0.39 is 5.82 Å². The van der Waals surface area contributed by atoms with Crippen LogP contribution in [0.15, 0.2) is 42.5 Å². The molecule has 162 valence electrons. The Morgan fingerprint density at radius 1 is 1.16 bits per heavy atom. The largest absolute Gasteiger partial charge is 0.340 e. The molecule has 1 aliphatic rings. The van der Waals surface area contributed by atoms with Gasteiger partial charge in [0, 0.05) is 30.8 Å². The maximum Gasteiger partial charge on any atom is 0.223 e. The molecule has 8 heteroatoms. The number of nitrogens with zero attached hydrogens (tertiary/aromatic N) is 3. The van der Waals surface area contributed by atoms with E-state index in [0.717, 1.165) is 11.4 Å². The topological polar surface area (TPSA) is 50.2 Å². The first-order valence-electron chi connectivity index (χ1n) is 10.2. The fourth-order valence-corrected chi connectivity index (χ4v) is 3.79. The number of hydrogen-bond acceptors (Lipinski definition) is 3. The van der Waals surface area contributed by atoms with Crippen LogP contribution in [0.25, 0.3) is 11.3 Å². The monoisotopic (exact) mass is 444 g/mol. The molecule has 1 amide bonds. The number of halogens is 3. The minimum atomic E-state index is -0.529. The lowest BCUT2D eigenvalue weighted by Crippen LogP contribution is -2.39. The smallest absolute Gasteiger partial charge is 0.223 e. The van der Waals surface area contributed by atoms with E-state index in [9.17, 15) is 13.6 Å². The van der Waals surface area contributed by atoms with Gasteiger partial charge in [0.15, 0.2) is 0 Å². The first-order valence-corrected chi connectivity index (χ1v) is 10.5. The summed E-state index contributed by atoms with van der Waals surface area (Å²) in [6.45, 7) is 5.52. The molecule has 0 saturated heterocycles. The number of anilines is 2. The summed E-state index contributed by atoms with van der Waals surface area (Å²) in [4.78, 5) is 19.1. The van der Waals surface area contributed by atoms with Crippen molar-refractivity contribution in [3.05, 3.63) is 64.9 Å². The van der Waals surface area contributed by atoms with Crippen LogP contribution in [0.4, 0.5) is 20.3 Å². The Balaban J connectivity index is 1.72. The summed E-state index contributed by atoms with van der Waals surface area (Å²) in [5.41, 5.74) is 1.86. The van der Waals surface area contributed by atoms with Crippen molar-refractivity contribution in [3.63, 3.8) is 0 Å². The van der Waals surface area contributed by atoms with Gasteiger partial charge in [-0.05, 0) is 48.4 Å². The number of benzene rings is 2. The molecule has 0 aliphatic carbocycles. The Labute approximate surface area is 184 Å². The summed E-state index contributed by atoms with van der Waals surface area (Å²) in [6.07, 6.45) is 0.487.